The van der Waals surface area contributed by atoms with Crippen LogP contribution in [-0.2, 0) is 6.54 Å². The lowest BCUT2D eigenvalue weighted by Gasteiger charge is -2.37. The van der Waals surface area contributed by atoms with Gasteiger partial charge in [0.05, 0.1) is 5.69 Å². The molecule has 0 bridgehead atoms. The van der Waals surface area contributed by atoms with Crippen LogP contribution in [0.25, 0.3) is 0 Å². The lowest BCUT2D eigenvalue weighted by molar-refractivity contribution is 0.188. The smallest absolute Gasteiger partial charge is 0.0544 e. The first-order chi connectivity index (χ1) is 14.2. The summed E-state index contributed by atoms with van der Waals surface area (Å²) in [7, 11) is 2.30. The summed E-state index contributed by atoms with van der Waals surface area (Å²) >= 11 is 1.90. The maximum atomic E-state index is 2.64. The van der Waals surface area contributed by atoms with Crippen LogP contribution < -0.4 is 4.90 Å². The van der Waals surface area contributed by atoms with Crippen LogP contribution in [0.5, 0.6) is 0 Å². The van der Waals surface area contributed by atoms with Crippen LogP contribution >= 0.6 is 11.8 Å². The molecule has 2 atom stereocenters. The number of benzene rings is 3. The Hall–Kier alpha value is -2.23. The van der Waals surface area contributed by atoms with Crippen molar-refractivity contribution < 1.29 is 0 Å². The van der Waals surface area contributed by atoms with Crippen molar-refractivity contribution >= 4 is 17.4 Å². The highest BCUT2D eigenvalue weighted by molar-refractivity contribution is 7.99. The van der Waals surface area contributed by atoms with Crippen molar-refractivity contribution in [2.45, 2.75) is 41.6 Å². The average molecular weight is 401 g/mol. The second kappa shape index (κ2) is 7.89. The quantitative estimate of drug-likeness (QED) is 0.534. The third-order valence-electron chi connectivity index (χ3n) is 6.44. The maximum Gasteiger partial charge on any atom is 0.0544 e. The fourth-order valence-electron chi connectivity index (χ4n) is 4.96. The highest BCUT2D eigenvalue weighted by atomic mass is 32.2. The number of hydrogen-bond donors (Lipinski definition) is 0. The molecule has 5 rings (SSSR count). The van der Waals surface area contributed by atoms with Crippen LogP contribution in [0.15, 0.2) is 82.6 Å². The minimum Gasteiger partial charge on any atom is -0.370 e. The van der Waals surface area contributed by atoms with Gasteiger partial charge in [-0.15, -0.1) is 0 Å². The Bertz CT molecular complexity index is 983. The van der Waals surface area contributed by atoms with E-state index in [-0.39, 0.29) is 0 Å². The highest BCUT2D eigenvalue weighted by Crippen LogP contribution is 2.49. The number of likely N-dealkylation sites (tertiary alicyclic amines) is 1. The summed E-state index contributed by atoms with van der Waals surface area (Å²) in [6.45, 7) is 5.53. The van der Waals surface area contributed by atoms with Crippen LogP contribution in [-0.4, -0.2) is 31.1 Å². The van der Waals surface area contributed by atoms with E-state index in [2.05, 4.69) is 96.6 Å². The van der Waals surface area contributed by atoms with Crippen molar-refractivity contribution in [1.29, 1.82) is 0 Å². The lowest BCUT2D eigenvalue weighted by atomic mass is 9.89. The van der Waals surface area contributed by atoms with E-state index in [4.69, 9.17) is 0 Å². The molecule has 29 heavy (non-hydrogen) atoms. The van der Waals surface area contributed by atoms with Gasteiger partial charge in [-0.2, -0.15) is 0 Å². The van der Waals surface area contributed by atoms with Crippen LogP contribution in [0.4, 0.5) is 5.69 Å². The monoisotopic (exact) mass is 400 g/mol. The van der Waals surface area contributed by atoms with Gasteiger partial charge in [-0.3, -0.25) is 4.90 Å². The molecule has 3 aromatic carbocycles. The van der Waals surface area contributed by atoms with Crippen LogP contribution in [0.2, 0.25) is 0 Å². The number of para-hydroxylation sites is 1. The molecule has 1 fully saturated rings. The summed E-state index contributed by atoms with van der Waals surface area (Å²) in [6, 6.07) is 27.3. The normalized spacial score (nSPS) is 21.1. The van der Waals surface area contributed by atoms with Crippen molar-refractivity contribution in [3.63, 3.8) is 0 Å². The molecule has 0 unspecified atom stereocenters. The minimum atomic E-state index is 0.603. The molecular formula is C26H28N2S. The number of aryl methyl sites for hydroxylation is 1. The Balaban J connectivity index is 1.40. The molecular weight excluding hydrogens is 372 g/mol. The van der Waals surface area contributed by atoms with Crippen molar-refractivity contribution in [2.75, 3.05) is 25.0 Å². The Morgan fingerprint density at radius 1 is 0.931 bits per heavy atom. The van der Waals surface area contributed by atoms with Gasteiger partial charge in [0.25, 0.3) is 0 Å². The van der Waals surface area contributed by atoms with Gasteiger partial charge in [0.2, 0.25) is 0 Å². The zero-order valence-electron chi connectivity index (χ0n) is 17.2. The number of anilines is 1. The topological polar surface area (TPSA) is 6.48 Å². The number of rotatable bonds is 4. The zero-order chi connectivity index (χ0) is 19.8. The van der Waals surface area contributed by atoms with E-state index < -0.39 is 0 Å². The van der Waals surface area contributed by atoms with E-state index in [0.29, 0.717) is 12.0 Å². The van der Waals surface area contributed by atoms with Gasteiger partial charge < -0.3 is 4.90 Å². The van der Waals surface area contributed by atoms with Crippen LogP contribution in [0.3, 0.4) is 0 Å². The first-order valence-electron chi connectivity index (χ1n) is 10.6. The van der Waals surface area contributed by atoms with Crippen LogP contribution in [0, 0.1) is 6.92 Å². The van der Waals surface area contributed by atoms with Gasteiger partial charge >= 0.3 is 0 Å². The molecule has 0 N–H and O–H groups in total. The number of likely N-dealkylation sites (N-methyl/N-ethyl adjacent to an activating group) is 1. The van der Waals surface area contributed by atoms with Crippen LogP contribution in [0.1, 0.15) is 29.0 Å². The first kappa shape index (κ1) is 18.8. The van der Waals surface area contributed by atoms with Gasteiger partial charge in [-0.1, -0.05) is 71.9 Å². The molecule has 2 aliphatic rings. The molecule has 2 heterocycles. The van der Waals surface area contributed by atoms with Gasteiger partial charge in [-0.05, 0) is 42.7 Å². The van der Waals surface area contributed by atoms with E-state index >= 15 is 0 Å². The SMILES string of the molecule is Cc1ccc(Sc2cccc3c2N(C)[C@H]2CCN(Cc4ccccc4)C[C@H]32)cc1. The third-order valence-corrected chi connectivity index (χ3v) is 7.50. The van der Waals surface area contributed by atoms with Crippen molar-refractivity contribution in [3.8, 4) is 0 Å². The maximum absolute atomic E-state index is 2.64. The Kier molecular flexibility index (Phi) is 5.11. The van der Waals surface area contributed by atoms with Gasteiger partial charge in [0, 0.05) is 48.4 Å². The minimum absolute atomic E-state index is 0.603. The highest BCUT2D eigenvalue weighted by Gasteiger charge is 2.41. The molecule has 2 aliphatic heterocycles. The molecule has 2 nitrogen and oxygen atoms in total. The molecule has 3 heteroatoms. The van der Waals surface area contributed by atoms with Gasteiger partial charge in [0.1, 0.15) is 0 Å². The summed E-state index contributed by atoms with van der Waals surface area (Å²) < 4.78 is 0. The molecule has 0 aliphatic carbocycles. The zero-order valence-corrected chi connectivity index (χ0v) is 18.0. The Morgan fingerprint density at radius 3 is 2.52 bits per heavy atom. The van der Waals surface area contributed by atoms with Gasteiger partial charge in [0.15, 0.2) is 0 Å². The first-order valence-corrected chi connectivity index (χ1v) is 11.4. The van der Waals surface area contributed by atoms with E-state index in [9.17, 15) is 0 Å². The standard InChI is InChI=1S/C26H28N2S/c1-19-11-13-21(14-12-19)29-25-10-6-9-22-23-18-28(17-20-7-4-3-5-8-20)16-15-24(23)27(2)26(22)25/h3-14,23-24H,15-18H2,1-2H3/t23-,24+/m1/s1. The summed E-state index contributed by atoms with van der Waals surface area (Å²) in [4.78, 5) is 7.91. The van der Waals surface area contributed by atoms with Gasteiger partial charge in [-0.25, -0.2) is 0 Å². The molecule has 0 spiro atoms. The third kappa shape index (κ3) is 3.70. The number of piperidine rings is 1. The fourth-order valence-corrected chi connectivity index (χ4v) is 5.99. The van der Waals surface area contributed by atoms with Crippen molar-refractivity contribution in [1.82, 2.24) is 4.90 Å². The van der Waals surface area contributed by atoms with E-state index in [1.54, 1.807) is 0 Å². The summed E-state index contributed by atoms with van der Waals surface area (Å²) in [6.07, 6.45) is 1.23. The predicted octanol–water partition coefficient (Wildman–Crippen LogP) is 5.95. The lowest BCUT2D eigenvalue weighted by Crippen LogP contribution is -2.44. The molecule has 0 amide bonds. The number of fused-ring (bicyclic) bond motifs is 3. The predicted molar refractivity (Wildman–Crippen MR) is 123 cm³/mol. The molecule has 148 valence electrons. The molecule has 0 saturated carbocycles. The molecule has 1 saturated heterocycles. The molecule has 0 aromatic heterocycles. The summed E-state index contributed by atoms with van der Waals surface area (Å²) in [5.74, 6) is 0.603. The summed E-state index contributed by atoms with van der Waals surface area (Å²) in [5, 5.41) is 0. The second-order valence-corrected chi connectivity index (χ2v) is 9.52. The number of hydrogen-bond acceptors (Lipinski definition) is 3. The van der Waals surface area contributed by atoms with E-state index in [0.717, 1.165) is 13.1 Å². The van der Waals surface area contributed by atoms with Crippen molar-refractivity contribution in [3.05, 3.63) is 89.5 Å². The fraction of sp³-hybridized carbons (Fsp3) is 0.308. The molecule has 3 aromatic rings. The Labute approximate surface area is 178 Å². The van der Waals surface area contributed by atoms with E-state index in [1.807, 2.05) is 11.8 Å². The largest absolute Gasteiger partial charge is 0.370 e. The average Bonchev–Trinajstić information content (AvgIpc) is 3.03. The number of nitrogens with zero attached hydrogens (tertiary/aromatic N) is 2. The molecule has 0 radical (unpaired) electrons. The summed E-state index contributed by atoms with van der Waals surface area (Å²) in [5.41, 5.74) is 5.72. The van der Waals surface area contributed by atoms with E-state index in [1.165, 1.54) is 45.1 Å². The second-order valence-electron chi connectivity index (χ2n) is 8.40. The van der Waals surface area contributed by atoms with Crippen molar-refractivity contribution in [2.24, 2.45) is 0 Å². The Morgan fingerprint density at radius 2 is 1.72 bits per heavy atom.